The molecular formula is C24H26N2O3S. The van der Waals surface area contributed by atoms with E-state index in [4.69, 9.17) is 0 Å². The Morgan fingerprint density at radius 1 is 0.867 bits per heavy atom. The lowest BCUT2D eigenvalue weighted by Crippen LogP contribution is -2.38. The largest absolute Gasteiger partial charge is 0.324 e. The summed E-state index contributed by atoms with van der Waals surface area (Å²) in [4.78, 5) is 13.1. The number of aryl methyl sites for hydroxylation is 3. The molecule has 0 aliphatic rings. The number of rotatable bonds is 6. The average Bonchev–Trinajstić information content (AvgIpc) is 2.72. The van der Waals surface area contributed by atoms with Crippen molar-refractivity contribution >= 4 is 27.3 Å². The van der Waals surface area contributed by atoms with Crippen LogP contribution in [-0.2, 0) is 14.8 Å². The Balaban J connectivity index is 2.01. The van der Waals surface area contributed by atoms with Crippen LogP contribution in [0.15, 0.2) is 71.6 Å². The van der Waals surface area contributed by atoms with Gasteiger partial charge < -0.3 is 5.32 Å². The van der Waals surface area contributed by atoms with Crippen LogP contribution in [0.5, 0.6) is 0 Å². The van der Waals surface area contributed by atoms with Gasteiger partial charge in [0.05, 0.1) is 10.6 Å². The first-order valence-corrected chi connectivity index (χ1v) is 11.2. The second kappa shape index (κ2) is 8.71. The number of carbonyl (C=O) groups is 1. The zero-order valence-corrected chi connectivity index (χ0v) is 18.5. The Morgan fingerprint density at radius 3 is 2.27 bits per heavy atom. The van der Waals surface area contributed by atoms with Gasteiger partial charge in [-0.05, 0) is 74.2 Å². The van der Waals surface area contributed by atoms with Crippen LogP contribution in [0.2, 0.25) is 0 Å². The van der Waals surface area contributed by atoms with E-state index in [1.807, 2.05) is 52.0 Å². The summed E-state index contributed by atoms with van der Waals surface area (Å²) >= 11 is 0. The van der Waals surface area contributed by atoms with Gasteiger partial charge >= 0.3 is 0 Å². The van der Waals surface area contributed by atoms with Crippen molar-refractivity contribution in [3.8, 4) is 0 Å². The number of anilines is 2. The minimum atomic E-state index is -3.93. The molecule has 0 unspecified atom stereocenters. The Kier molecular flexibility index (Phi) is 6.27. The van der Waals surface area contributed by atoms with E-state index in [-0.39, 0.29) is 11.4 Å². The van der Waals surface area contributed by atoms with Crippen molar-refractivity contribution in [1.29, 1.82) is 0 Å². The van der Waals surface area contributed by atoms with Crippen molar-refractivity contribution in [3.63, 3.8) is 0 Å². The molecule has 30 heavy (non-hydrogen) atoms. The number of amides is 1. The molecule has 3 rings (SSSR count). The Morgan fingerprint density at radius 2 is 1.57 bits per heavy atom. The molecule has 0 bridgehead atoms. The number of nitrogens with zero attached hydrogens (tertiary/aromatic N) is 1. The van der Waals surface area contributed by atoms with Gasteiger partial charge in [0.2, 0.25) is 5.91 Å². The monoisotopic (exact) mass is 422 g/mol. The molecule has 0 radical (unpaired) electrons. The average molecular weight is 423 g/mol. The van der Waals surface area contributed by atoms with E-state index >= 15 is 0 Å². The highest BCUT2D eigenvalue weighted by molar-refractivity contribution is 7.92. The van der Waals surface area contributed by atoms with Crippen LogP contribution in [0.1, 0.15) is 22.3 Å². The van der Waals surface area contributed by atoms with Gasteiger partial charge in [-0.2, -0.15) is 0 Å². The molecule has 0 heterocycles. The smallest absolute Gasteiger partial charge is 0.264 e. The van der Waals surface area contributed by atoms with Crippen molar-refractivity contribution in [2.75, 3.05) is 16.2 Å². The van der Waals surface area contributed by atoms with Gasteiger partial charge in [0.1, 0.15) is 6.54 Å². The predicted molar refractivity (Wildman–Crippen MR) is 121 cm³/mol. The van der Waals surface area contributed by atoms with Gasteiger partial charge in [-0.1, -0.05) is 42.5 Å². The van der Waals surface area contributed by atoms with Gasteiger partial charge in [-0.3, -0.25) is 9.10 Å². The van der Waals surface area contributed by atoms with Crippen molar-refractivity contribution < 1.29 is 13.2 Å². The molecule has 0 aromatic heterocycles. The first-order chi connectivity index (χ1) is 14.2. The van der Waals surface area contributed by atoms with E-state index in [1.165, 1.54) is 16.4 Å². The summed E-state index contributed by atoms with van der Waals surface area (Å²) in [5.41, 5.74) is 4.87. The molecule has 0 aliphatic heterocycles. The minimum Gasteiger partial charge on any atom is -0.324 e. The standard InChI is InChI=1S/C24H26N2O3S/c1-17-13-14-19(3)22(15-17)25-24(27)16-26(23-12-8-9-18(2)20(23)4)30(28,29)21-10-6-5-7-11-21/h5-15H,16H2,1-4H3,(H,25,27). The van der Waals surface area contributed by atoms with Crippen LogP contribution in [0.3, 0.4) is 0 Å². The Bertz CT molecular complexity index is 1170. The molecule has 0 aliphatic carbocycles. The summed E-state index contributed by atoms with van der Waals surface area (Å²) in [6.45, 7) is 7.30. The van der Waals surface area contributed by atoms with Crippen LogP contribution in [-0.4, -0.2) is 20.9 Å². The van der Waals surface area contributed by atoms with Gasteiger partial charge in [-0.15, -0.1) is 0 Å². The lowest BCUT2D eigenvalue weighted by atomic mass is 10.1. The molecule has 1 amide bonds. The molecule has 1 N–H and O–H groups in total. The van der Waals surface area contributed by atoms with E-state index in [1.54, 1.807) is 30.3 Å². The second-order valence-corrected chi connectivity index (χ2v) is 9.27. The van der Waals surface area contributed by atoms with Crippen LogP contribution in [0, 0.1) is 27.7 Å². The highest BCUT2D eigenvalue weighted by atomic mass is 32.2. The second-order valence-electron chi connectivity index (χ2n) is 7.41. The molecule has 0 atom stereocenters. The van der Waals surface area contributed by atoms with Crippen LogP contribution in [0.4, 0.5) is 11.4 Å². The molecule has 0 fully saturated rings. The Hall–Kier alpha value is -3.12. The lowest BCUT2D eigenvalue weighted by molar-refractivity contribution is -0.114. The topological polar surface area (TPSA) is 66.5 Å². The summed E-state index contributed by atoms with van der Waals surface area (Å²) in [6, 6.07) is 19.4. The van der Waals surface area contributed by atoms with Gasteiger partial charge in [0.15, 0.2) is 0 Å². The quantitative estimate of drug-likeness (QED) is 0.623. The maximum absolute atomic E-state index is 13.5. The van der Waals surface area contributed by atoms with E-state index in [0.29, 0.717) is 11.4 Å². The maximum Gasteiger partial charge on any atom is 0.264 e. The fraction of sp³-hybridized carbons (Fsp3) is 0.208. The number of nitrogens with one attached hydrogen (secondary N) is 1. The number of carbonyl (C=O) groups excluding carboxylic acids is 1. The number of hydrogen-bond donors (Lipinski definition) is 1. The molecule has 0 saturated heterocycles. The molecule has 6 heteroatoms. The minimum absolute atomic E-state index is 0.144. The third kappa shape index (κ3) is 4.54. The fourth-order valence-electron chi connectivity index (χ4n) is 3.22. The maximum atomic E-state index is 13.5. The summed E-state index contributed by atoms with van der Waals surface area (Å²) in [5.74, 6) is -0.399. The van der Waals surface area contributed by atoms with Crippen LogP contribution < -0.4 is 9.62 Å². The Labute approximate surface area is 178 Å². The number of hydrogen-bond acceptors (Lipinski definition) is 3. The van der Waals surface area contributed by atoms with E-state index in [0.717, 1.165) is 22.3 Å². The van der Waals surface area contributed by atoms with E-state index < -0.39 is 15.9 Å². The summed E-state index contributed by atoms with van der Waals surface area (Å²) in [5, 5.41) is 2.86. The van der Waals surface area contributed by atoms with Crippen LogP contribution in [0.25, 0.3) is 0 Å². The van der Waals surface area contributed by atoms with Gasteiger partial charge in [0.25, 0.3) is 10.0 Å². The molecular weight excluding hydrogens is 396 g/mol. The molecule has 5 nitrogen and oxygen atoms in total. The van der Waals surface area contributed by atoms with Crippen molar-refractivity contribution in [2.24, 2.45) is 0 Å². The number of sulfonamides is 1. The third-order valence-corrected chi connectivity index (χ3v) is 6.90. The van der Waals surface area contributed by atoms with E-state index in [9.17, 15) is 13.2 Å². The van der Waals surface area contributed by atoms with Gasteiger partial charge in [0, 0.05) is 5.69 Å². The number of benzene rings is 3. The zero-order chi connectivity index (χ0) is 21.9. The highest BCUT2D eigenvalue weighted by Gasteiger charge is 2.28. The summed E-state index contributed by atoms with van der Waals surface area (Å²) in [6.07, 6.45) is 0. The summed E-state index contributed by atoms with van der Waals surface area (Å²) in [7, 11) is -3.93. The third-order valence-electron chi connectivity index (χ3n) is 5.13. The normalized spacial score (nSPS) is 11.2. The van der Waals surface area contributed by atoms with Gasteiger partial charge in [-0.25, -0.2) is 8.42 Å². The zero-order valence-electron chi connectivity index (χ0n) is 17.6. The molecule has 0 saturated carbocycles. The molecule has 156 valence electrons. The molecule has 0 spiro atoms. The fourth-order valence-corrected chi connectivity index (χ4v) is 4.72. The summed E-state index contributed by atoms with van der Waals surface area (Å²) < 4.78 is 28.1. The van der Waals surface area contributed by atoms with Crippen LogP contribution >= 0.6 is 0 Å². The SMILES string of the molecule is Cc1ccc(C)c(NC(=O)CN(c2cccc(C)c2C)S(=O)(=O)c2ccccc2)c1. The predicted octanol–water partition coefficient (Wildman–Crippen LogP) is 4.75. The van der Waals surface area contributed by atoms with E-state index in [2.05, 4.69) is 5.32 Å². The first-order valence-electron chi connectivity index (χ1n) is 9.71. The van der Waals surface area contributed by atoms with Crippen molar-refractivity contribution in [3.05, 3.63) is 89.0 Å². The molecule has 3 aromatic rings. The first kappa shape index (κ1) is 21.6. The lowest BCUT2D eigenvalue weighted by Gasteiger charge is -2.26. The highest BCUT2D eigenvalue weighted by Crippen LogP contribution is 2.28. The van der Waals surface area contributed by atoms with Crippen molar-refractivity contribution in [1.82, 2.24) is 0 Å². The van der Waals surface area contributed by atoms with Crippen molar-refractivity contribution in [2.45, 2.75) is 32.6 Å². The molecule has 3 aromatic carbocycles.